The Bertz CT molecular complexity index is 877. The van der Waals surface area contributed by atoms with Crippen LogP contribution in [0.25, 0.3) is 0 Å². The molecule has 8 nitrogen and oxygen atoms in total. The van der Waals surface area contributed by atoms with Crippen molar-refractivity contribution in [3.63, 3.8) is 0 Å². The zero-order chi connectivity index (χ0) is 22.2. The van der Waals surface area contributed by atoms with Crippen molar-refractivity contribution in [3.8, 4) is 0 Å². The second-order valence-corrected chi connectivity index (χ2v) is 9.08. The Morgan fingerprint density at radius 1 is 1.03 bits per heavy atom. The number of amides is 5. The van der Waals surface area contributed by atoms with Crippen molar-refractivity contribution >= 4 is 23.8 Å². The molecule has 8 heteroatoms. The molecule has 0 bridgehead atoms. The van der Waals surface area contributed by atoms with E-state index in [0.717, 1.165) is 6.42 Å². The maximum atomic E-state index is 13.4. The molecule has 1 aromatic carbocycles. The molecule has 5 amide bonds. The minimum absolute atomic E-state index is 0.0748. The van der Waals surface area contributed by atoms with Crippen LogP contribution in [0, 0.1) is 5.92 Å². The number of nitrogens with zero attached hydrogens (tertiary/aromatic N) is 3. The van der Waals surface area contributed by atoms with Gasteiger partial charge in [-0.3, -0.25) is 19.3 Å². The predicted molar refractivity (Wildman–Crippen MR) is 114 cm³/mol. The third kappa shape index (κ3) is 3.91. The van der Waals surface area contributed by atoms with Crippen LogP contribution in [-0.2, 0) is 9.59 Å². The molecule has 1 spiro atoms. The number of imide groups is 1. The first-order valence-electron chi connectivity index (χ1n) is 11.1. The summed E-state index contributed by atoms with van der Waals surface area (Å²) < 4.78 is 0. The van der Waals surface area contributed by atoms with Gasteiger partial charge >= 0.3 is 6.03 Å². The van der Waals surface area contributed by atoms with Crippen molar-refractivity contribution < 1.29 is 19.2 Å². The molecule has 3 fully saturated rings. The predicted octanol–water partition coefficient (Wildman–Crippen LogP) is 1.86. The van der Waals surface area contributed by atoms with E-state index in [2.05, 4.69) is 5.32 Å². The van der Waals surface area contributed by atoms with E-state index in [1.165, 1.54) is 4.90 Å². The number of piperidine rings is 2. The summed E-state index contributed by atoms with van der Waals surface area (Å²) in [5.74, 6) is -0.304. The van der Waals surface area contributed by atoms with E-state index in [9.17, 15) is 19.2 Å². The number of urea groups is 1. The largest absolute Gasteiger partial charge is 0.342 e. The third-order valence-corrected chi connectivity index (χ3v) is 6.69. The second kappa shape index (κ2) is 8.32. The third-order valence-electron chi connectivity index (χ3n) is 6.69. The lowest BCUT2D eigenvalue weighted by Gasteiger charge is -2.39. The van der Waals surface area contributed by atoms with Gasteiger partial charge in [-0.15, -0.1) is 0 Å². The van der Waals surface area contributed by atoms with E-state index in [1.54, 1.807) is 21.9 Å². The number of likely N-dealkylation sites (tertiary alicyclic amines) is 2. The van der Waals surface area contributed by atoms with Gasteiger partial charge in [-0.1, -0.05) is 32.0 Å². The Balaban J connectivity index is 1.44. The van der Waals surface area contributed by atoms with Gasteiger partial charge in [-0.05, 0) is 37.8 Å². The average molecular weight is 427 g/mol. The molecule has 31 heavy (non-hydrogen) atoms. The molecule has 0 radical (unpaired) electrons. The first kappa shape index (κ1) is 21.3. The molecule has 3 aliphatic rings. The quantitative estimate of drug-likeness (QED) is 0.747. The summed E-state index contributed by atoms with van der Waals surface area (Å²) in [4.78, 5) is 56.2. The van der Waals surface area contributed by atoms with E-state index >= 15 is 0 Å². The first-order chi connectivity index (χ1) is 14.8. The second-order valence-electron chi connectivity index (χ2n) is 9.08. The van der Waals surface area contributed by atoms with Crippen molar-refractivity contribution in [1.29, 1.82) is 0 Å². The number of hydrogen-bond donors (Lipinski definition) is 1. The Morgan fingerprint density at radius 2 is 1.71 bits per heavy atom. The van der Waals surface area contributed by atoms with Gasteiger partial charge in [-0.2, -0.15) is 0 Å². The standard InChI is InChI=1S/C23H30N4O4/c1-16(2)19(28)25-13-10-23(11-14-25)21(30)27(22(31)24-23)18-9-6-12-26(15-18)20(29)17-7-4-3-5-8-17/h3-5,7-8,16,18H,6,9-15H2,1-2H3,(H,24,31). The average Bonchev–Trinajstić information content (AvgIpc) is 3.02. The van der Waals surface area contributed by atoms with Crippen LogP contribution in [0.1, 0.15) is 49.9 Å². The molecule has 0 aliphatic carbocycles. The normalized spacial score (nSPS) is 23.5. The van der Waals surface area contributed by atoms with Gasteiger partial charge in [-0.25, -0.2) is 4.79 Å². The molecule has 3 heterocycles. The number of rotatable bonds is 3. The molecule has 1 atom stereocenters. The molecule has 0 aromatic heterocycles. The van der Waals surface area contributed by atoms with Crippen molar-refractivity contribution in [3.05, 3.63) is 35.9 Å². The monoisotopic (exact) mass is 426 g/mol. The molecule has 166 valence electrons. The Morgan fingerprint density at radius 3 is 2.35 bits per heavy atom. The summed E-state index contributed by atoms with van der Waals surface area (Å²) in [6, 6.07) is 8.36. The van der Waals surface area contributed by atoms with Crippen LogP contribution in [0.2, 0.25) is 0 Å². The van der Waals surface area contributed by atoms with Gasteiger partial charge in [0.25, 0.3) is 11.8 Å². The number of carbonyl (C=O) groups is 4. The highest BCUT2D eigenvalue weighted by atomic mass is 16.2. The Hall–Kier alpha value is -2.90. The van der Waals surface area contributed by atoms with Gasteiger partial charge in [0.15, 0.2) is 0 Å². The number of benzene rings is 1. The summed E-state index contributed by atoms with van der Waals surface area (Å²) in [7, 11) is 0. The van der Waals surface area contributed by atoms with Gasteiger partial charge < -0.3 is 15.1 Å². The fourth-order valence-corrected chi connectivity index (χ4v) is 4.90. The summed E-state index contributed by atoms with van der Waals surface area (Å²) in [5, 5.41) is 2.93. The molecular weight excluding hydrogens is 396 g/mol. The number of hydrogen-bond acceptors (Lipinski definition) is 4. The van der Waals surface area contributed by atoms with Crippen LogP contribution in [0.3, 0.4) is 0 Å². The van der Waals surface area contributed by atoms with Crippen LogP contribution in [0.5, 0.6) is 0 Å². The maximum absolute atomic E-state index is 13.4. The summed E-state index contributed by atoms with van der Waals surface area (Å²) >= 11 is 0. The molecule has 1 unspecified atom stereocenters. The fraction of sp³-hybridized carbons (Fsp3) is 0.565. The molecule has 4 rings (SSSR count). The summed E-state index contributed by atoms with van der Waals surface area (Å²) in [6.45, 7) is 5.61. The maximum Gasteiger partial charge on any atom is 0.325 e. The van der Waals surface area contributed by atoms with E-state index in [0.29, 0.717) is 51.0 Å². The number of carbonyl (C=O) groups excluding carboxylic acids is 4. The van der Waals surface area contributed by atoms with E-state index in [4.69, 9.17) is 0 Å². The zero-order valence-electron chi connectivity index (χ0n) is 18.2. The van der Waals surface area contributed by atoms with Crippen LogP contribution in [-0.4, -0.2) is 76.2 Å². The highest BCUT2D eigenvalue weighted by Crippen LogP contribution is 2.33. The SMILES string of the molecule is CC(C)C(=O)N1CCC2(CC1)NC(=O)N(C1CCCN(C(=O)c3ccccc3)C1)C2=O. The Kier molecular flexibility index (Phi) is 5.73. The van der Waals surface area contributed by atoms with Crippen molar-refractivity contribution in [2.45, 2.75) is 51.1 Å². The van der Waals surface area contributed by atoms with Gasteiger partial charge in [0.05, 0.1) is 6.04 Å². The first-order valence-corrected chi connectivity index (χ1v) is 11.1. The van der Waals surface area contributed by atoms with Gasteiger partial charge in [0, 0.05) is 37.7 Å². The van der Waals surface area contributed by atoms with Crippen molar-refractivity contribution in [2.24, 2.45) is 5.92 Å². The van der Waals surface area contributed by atoms with E-state index in [1.807, 2.05) is 32.0 Å². The molecule has 3 saturated heterocycles. The topological polar surface area (TPSA) is 90.0 Å². The molecule has 1 aromatic rings. The van der Waals surface area contributed by atoms with Gasteiger partial charge in [0.1, 0.15) is 5.54 Å². The van der Waals surface area contributed by atoms with Crippen LogP contribution in [0.4, 0.5) is 4.79 Å². The highest BCUT2D eigenvalue weighted by molar-refractivity contribution is 6.07. The lowest BCUT2D eigenvalue weighted by molar-refractivity contribution is -0.141. The van der Waals surface area contributed by atoms with Crippen LogP contribution >= 0.6 is 0 Å². The highest BCUT2D eigenvalue weighted by Gasteiger charge is 2.55. The zero-order valence-corrected chi connectivity index (χ0v) is 18.2. The lowest BCUT2D eigenvalue weighted by Crippen LogP contribution is -2.57. The van der Waals surface area contributed by atoms with Crippen molar-refractivity contribution in [1.82, 2.24) is 20.0 Å². The summed E-state index contributed by atoms with van der Waals surface area (Å²) in [5.41, 5.74) is -0.324. The van der Waals surface area contributed by atoms with Crippen LogP contribution in [0.15, 0.2) is 30.3 Å². The van der Waals surface area contributed by atoms with E-state index < -0.39 is 5.54 Å². The van der Waals surface area contributed by atoms with Gasteiger partial charge in [0.2, 0.25) is 5.91 Å². The molecular formula is C23H30N4O4. The fourth-order valence-electron chi connectivity index (χ4n) is 4.90. The van der Waals surface area contributed by atoms with Crippen LogP contribution < -0.4 is 5.32 Å². The number of nitrogens with one attached hydrogen (secondary N) is 1. The Labute approximate surface area is 182 Å². The molecule has 3 aliphatic heterocycles. The minimum Gasteiger partial charge on any atom is -0.342 e. The molecule has 1 N–H and O–H groups in total. The minimum atomic E-state index is -0.934. The summed E-state index contributed by atoms with van der Waals surface area (Å²) in [6.07, 6.45) is 2.27. The smallest absolute Gasteiger partial charge is 0.325 e. The lowest BCUT2D eigenvalue weighted by atomic mass is 9.86. The van der Waals surface area contributed by atoms with Crippen molar-refractivity contribution in [2.75, 3.05) is 26.2 Å². The van der Waals surface area contributed by atoms with E-state index in [-0.39, 0.29) is 35.7 Å². The molecule has 0 saturated carbocycles.